The standard InChI is InChI=1S/C16H15F3O/c1-10-7-8-12(16(17,18)19)9-14(10)13-6-4-5-11(2)15(13)20-3/h4-9H,1-3H3. The van der Waals surface area contributed by atoms with Crippen molar-refractivity contribution in [3.05, 3.63) is 53.1 Å². The highest BCUT2D eigenvalue weighted by Gasteiger charge is 2.31. The molecule has 0 aliphatic heterocycles. The van der Waals surface area contributed by atoms with Crippen LogP contribution in [0.1, 0.15) is 16.7 Å². The largest absolute Gasteiger partial charge is 0.496 e. The molecule has 2 rings (SSSR count). The lowest BCUT2D eigenvalue weighted by atomic mass is 9.95. The second-order valence-electron chi connectivity index (χ2n) is 4.68. The summed E-state index contributed by atoms with van der Waals surface area (Å²) in [7, 11) is 1.52. The second kappa shape index (κ2) is 5.19. The van der Waals surface area contributed by atoms with Gasteiger partial charge in [0.1, 0.15) is 5.75 Å². The maximum Gasteiger partial charge on any atom is 0.416 e. The van der Waals surface area contributed by atoms with Crippen molar-refractivity contribution < 1.29 is 17.9 Å². The third-order valence-electron chi connectivity index (χ3n) is 3.27. The third-order valence-corrected chi connectivity index (χ3v) is 3.27. The fraction of sp³-hybridized carbons (Fsp3) is 0.250. The van der Waals surface area contributed by atoms with Crippen LogP contribution in [0, 0.1) is 13.8 Å². The minimum atomic E-state index is -4.35. The smallest absolute Gasteiger partial charge is 0.416 e. The van der Waals surface area contributed by atoms with E-state index >= 15 is 0 Å². The van der Waals surface area contributed by atoms with Crippen molar-refractivity contribution in [1.29, 1.82) is 0 Å². The normalized spacial score (nSPS) is 11.5. The molecule has 0 aliphatic carbocycles. The van der Waals surface area contributed by atoms with E-state index in [0.717, 1.165) is 17.2 Å². The minimum Gasteiger partial charge on any atom is -0.496 e. The van der Waals surface area contributed by atoms with Crippen LogP contribution in [-0.2, 0) is 6.18 Å². The lowest BCUT2D eigenvalue weighted by molar-refractivity contribution is -0.137. The Morgan fingerprint density at radius 1 is 0.900 bits per heavy atom. The lowest BCUT2D eigenvalue weighted by Crippen LogP contribution is -2.05. The molecule has 0 aromatic heterocycles. The number of hydrogen-bond donors (Lipinski definition) is 0. The summed E-state index contributed by atoms with van der Waals surface area (Å²) in [6.07, 6.45) is -4.35. The number of halogens is 3. The van der Waals surface area contributed by atoms with Crippen LogP contribution in [0.5, 0.6) is 5.75 Å². The first-order valence-electron chi connectivity index (χ1n) is 6.16. The average molecular weight is 280 g/mol. The Hall–Kier alpha value is -1.97. The number of para-hydroxylation sites is 1. The van der Waals surface area contributed by atoms with Crippen molar-refractivity contribution in [1.82, 2.24) is 0 Å². The van der Waals surface area contributed by atoms with Gasteiger partial charge in [-0.3, -0.25) is 0 Å². The maximum absolute atomic E-state index is 12.8. The van der Waals surface area contributed by atoms with Crippen molar-refractivity contribution in [3.63, 3.8) is 0 Å². The number of alkyl halides is 3. The highest BCUT2D eigenvalue weighted by Crippen LogP contribution is 2.38. The summed E-state index contributed by atoms with van der Waals surface area (Å²) in [5.74, 6) is 0.606. The van der Waals surface area contributed by atoms with Crippen LogP contribution < -0.4 is 4.74 Å². The van der Waals surface area contributed by atoms with E-state index in [9.17, 15) is 13.2 Å². The predicted molar refractivity (Wildman–Crippen MR) is 72.9 cm³/mol. The molecule has 0 bridgehead atoms. The molecule has 0 saturated heterocycles. The summed E-state index contributed by atoms with van der Waals surface area (Å²) in [5.41, 5.74) is 2.24. The molecular formula is C16H15F3O. The molecule has 0 radical (unpaired) electrons. The maximum atomic E-state index is 12.8. The number of benzene rings is 2. The van der Waals surface area contributed by atoms with E-state index in [1.165, 1.54) is 19.2 Å². The van der Waals surface area contributed by atoms with Gasteiger partial charge in [0.2, 0.25) is 0 Å². The molecule has 0 aliphatic rings. The van der Waals surface area contributed by atoms with E-state index in [-0.39, 0.29) is 0 Å². The zero-order valence-corrected chi connectivity index (χ0v) is 11.5. The number of hydrogen-bond acceptors (Lipinski definition) is 1. The summed E-state index contributed by atoms with van der Waals surface area (Å²) in [5, 5.41) is 0. The van der Waals surface area contributed by atoms with Gasteiger partial charge in [-0.15, -0.1) is 0 Å². The predicted octanol–water partition coefficient (Wildman–Crippen LogP) is 5.00. The Morgan fingerprint density at radius 3 is 2.20 bits per heavy atom. The first kappa shape index (κ1) is 14.4. The first-order valence-corrected chi connectivity index (χ1v) is 6.16. The van der Waals surface area contributed by atoms with Gasteiger partial charge in [0.15, 0.2) is 0 Å². The van der Waals surface area contributed by atoms with Crippen molar-refractivity contribution in [2.75, 3.05) is 7.11 Å². The Bertz CT molecular complexity index is 630. The molecule has 1 nitrogen and oxygen atoms in total. The molecule has 0 N–H and O–H groups in total. The molecule has 2 aromatic carbocycles. The molecule has 4 heteroatoms. The van der Waals surface area contributed by atoms with Gasteiger partial charge in [-0.1, -0.05) is 24.3 Å². The molecule has 20 heavy (non-hydrogen) atoms. The molecule has 0 spiro atoms. The zero-order chi connectivity index (χ0) is 14.9. The number of rotatable bonds is 2. The van der Waals surface area contributed by atoms with Crippen molar-refractivity contribution in [2.24, 2.45) is 0 Å². The molecule has 0 fully saturated rings. The summed E-state index contributed by atoms with van der Waals surface area (Å²) >= 11 is 0. The molecule has 0 saturated carbocycles. The van der Waals surface area contributed by atoms with Crippen molar-refractivity contribution in [3.8, 4) is 16.9 Å². The van der Waals surface area contributed by atoms with Gasteiger partial charge in [-0.2, -0.15) is 13.2 Å². The van der Waals surface area contributed by atoms with E-state index in [2.05, 4.69) is 0 Å². The average Bonchev–Trinajstić information content (AvgIpc) is 2.37. The van der Waals surface area contributed by atoms with Gasteiger partial charge in [0.05, 0.1) is 12.7 Å². The van der Waals surface area contributed by atoms with Crippen LogP contribution in [-0.4, -0.2) is 7.11 Å². The van der Waals surface area contributed by atoms with Gasteiger partial charge in [0, 0.05) is 5.56 Å². The van der Waals surface area contributed by atoms with E-state index in [1.54, 1.807) is 13.0 Å². The van der Waals surface area contributed by atoms with E-state index < -0.39 is 11.7 Å². The van der Waals surface area contributed by atoms with Crippen LogP contribution in [0.25, 0.3) is 11.1 Å². The molecular weight excluding hydrogens is 265 g/mol. The van der Waals surface area contributed by atoms with E-state index in [0.29, 0.717) is 16.9 Å². The summed E-state index contributed by atoms with van der Waals surface area (Å²) in [6, 6.07) is 9.21. The first-order chi connectivity index (χ1) is 9.34. The van der Waals surface area contributed by atoms with Gasteiger partial charge >= 0.3 is 6.18 Å². The summed E-state index contributed by atoms with van der Waals surface area (Å²) < 4.78 is 43.9. The number of aryl methyl sites for hydroxylation is 2. The highest BCUT2D eigenvalue weighted by atomic mass is 19.4. The van der Waals surface area contributed by atoms with Crippen LogP contribution >= 0.6 is 0 Å². The number of methoxy groups -OCH3 is 1. The molecule has 2 aromatic rings. The minimum absolute atomic E-state index is 0.542. The van der Waals surface area contributed by atoms with Gasteiger partial charge in [-0.25, -0.2) is 0 Å². The van der Waals surface area contributed by atoms with Crippen molar-refractivity contribution in [2.45, 2.75) is 20.0 Å². The summed E-state index contributed by atoms with van der Waals surface area (Å²) in [4.78, 5) is 0. The quantitative estimate of drug-likeness (QED) is 0.752. The second-order valence-corrected chi connectivity index (χ2v) is 4.68. The Morgan fingerprint density at radius 2 is 1.60 bits per heavy atom. The van der Waals surface area contributed by atoms with Crippen LogP contribution in [0.4, 0.5) is 13.2 Å². The molecule has 0 heterocycles. The Balaban J connectivity index is 2.67. The SMILES string of the molecule is COc1c(C)cccc1-c1cc(C(F)(F)F)ccc1C. The van der Waals surface area contributed by atoms with Gasteiger partial charge < -0.3 is 4.74 Å². The lowest BCUT2D eigenvalue weighted by Gasteiger charge is -2.15. The van der Waals surface area contributed by atoms with Gasteiger partial charge in [-0.05, 0) is 42.7 Å². The fourth-order valence-corrected chi connectivity index (χ4v) is 2.22. The number of ether oxygens (including phenoxy) is 1. The van der Waals surface area contributed by atoms with Crippen LogP contribution in [0.15, 0.2) is 36.4 Å². The van der Waals surface area contributed by atoms with Crippen LogP contribution in [0.2, 0.25) is 0 Å². The monoisotopic (exact) mass is 280 g/mol. The summed E-state index contributed by atoms with van der Waals surface area (Å²) in [6.45, 7) is 3.66. The third kappa shape index (κ3) is 2.64. The Labute approximate surface area is 116 Å². The zero-order valence-electron chi connectivity index (χ0n) is 11.5. The molecule has 106 valence electrons. The van der Waals surface area contributed by atoms with E-state index in [4.69, 9.17) is 4.74 Å². The highest BCUT2D eigenvalue weighted by molar-refractivity contribution is 5.75. The van der Waals surface area contributed by atoms with Crippen molar-refractivity contribution >= 4 is 0 Å². The van der Waals surface area contributed by atoms with E-state index in [1.807, 2.05) is 19.1 Å². The molecule has 0 atom stereocenters. The topological polar surface area (TPSA) is 9.23 Å². The van der Waals surface area contributed by atoms with Crippen LogP contribution in [0.3, 0.4) is 0 Å². The van der Waals surface area contributed by atoms with Gasteiger partial charge in [0.25, 0.3) is 0 Å². The fourth-order valence-electron chi connectivity index (χ4n) is 2.22. The Kier molecular flexibility index (Phi) is 3.75. The molecule has 0 amide bonds. The molecule has 0 unspecified atom stereocenters.